The number of nitrogens with zero attached hydrogens (tertiary/aromatic N) is 4. The smallest absolute Gasteiger partial charge is 0.233 e. The van der Waals surface area contributed by atoms with Crippen LogP contribution < -0.4 is 9.13 Å². The average molecular weight is 242 g/mol. The molecule has 92 valence electrons. The standard InChI is InChI=1S/C14H18N4/c1-15-7-8-16(2)14(15)11-5-6-12-13(9-11)18(4)10-17(12)3/h5-10H,1-4H3/q+2. The molecule has 0 aliphatic rings. The Morgan fingerprint density at radius 3 is 2.44 bits per heavy atom. The number of hydrogen-bond donors (Lipinski definition) is 0. The Morgan fingerprint density at radius 2 is 1.78 bits per heavy atom. The third kappa shape index (κ3) is 1.45. The fraction of sp³-hybridized carbons (Fsp3) is 0.286. The van der Waals surface area contributed by atoms with Crippen LogP contribution in [0.2, 0.25) is 0 Å². The van der Waals surface area contributed by atoms with Gasteiger partial charge >= 0.3 is 0 Å². The molecule has 0 saturated carbocycles. The second kappa shape index (κ2) is 3.70. The molecule has 0 aliphatic carbocycles. The Labute approximate surface area is 106 Å². The molecule has 0 radical (unpaired) electrons. The van der Waals surface area contributed by atoms with E-state index in [1.807, 2.05) is 0 Å². The molecule has 3 rings (SSSR count). The van der Waals surface area contributed by atoms with Gasteiger partial charge in [-0.05, 0) is 12.1 Å². The molecular formula is C14H18N4+2. The van der Waals surface area contributed by atoms with E-state index in [9.17, 15) is 0 Å². The third-order valence-electron chi connectivity index (χ3n) is 3.52. The van der Waals surface area contributed by atoms with Crippen LogP contribution in [0.15, 0.2) is 36.9 Å². The summed E-state index contributed by atoms with van der Waals surface area (Å²) >= 11 is 0. The molecule has 1 aromatic carbocycles. The lowest BCUT2D eigenvalue weighted by Gasteiger charge is -1.98. The molecule has 0 bridgehead atoms. The van der Waals surface area contributed by atoms with E-state index < -0.39 is 0 Å². The Bertz CT molecular complexity index is 714. The molecule has 0 saturated heterocycles. The molecule has 0 spiro atoms. The third-order valence-corrected chi connectivity index (χ3v) is 3.52. The number of imidazole rings is 2. The second-order valence-electron chi connectivity index (χ2n) is 4.88. The van der Waals surface area contributed by atoms with E-state index in [0.717, 1.165) is 0 Å². The molecule has 0 fully saturated rings. The van der Waals surface area contributed by atoms with Gasteiger partial charge < -0.3 is 0 Å². The Hall–Kier alpha value is -2.10. The van der Waals surface area contributed by atoms with Gasteiger partial charge in [-0.1, -0.05) is 0 Å². The van der Waals surface area contributed by atoms with Gasteiger partial charge in [-0.15, -0.1) is 0 Å². The van der Waals surface area contributed by atoms with Crippen molar-refractivity contribution in [3.8, 4) is 11.4 Å². The maximum atomic E-state index is 2.24. The molecule has 0 aliphatic heterocycles. The minimum absolute atomic E-state index is 1.21. The predicted octanol–water partition coefficient (Wildman–Crippen LogP) is 0.833. The van der Waals surface area contributed by atoms with Gasteiger partial charge in [0.25, 0.3) is 5.82 Å². The Kier molecular flexibility index (Phi) is 2.26. The lowest BCUT2D eigenvalue weighted by atomic mass is 10.2. The summed E-state index contributed by atoms with van der Waals surface area (Å²) in [6.45, 7) is 0. The van der Waals surface area contributed by atoms with Gasteiger partial charge in [0.2, 0.25) is 6.33 Å². The van der Waals surface area contributed by atoms with Gasteiger partial charge in [0.05, 0.1) is 33.8 Å². The van der Waals surface area contributed by atoms with E-state index in [1.165, 1.54) is 22.4 Å². The molecule has 2 aromatic heterocycles. The summed E-state index contributed by atoms with van der Waals surface area (Å²) in [6.07, 6.45) is 6.24. The van der Waals surface area contributed by atoms with E-state index in [-0.39, 0.29) is 0 Å². The Morgan fingerprint density at radius 1 is 1.00 bits per heavy atom. The largest absolute Gasteiger partial charge is 0.288 e. The molecule has 4 heteroatoms. The fourth-order valence-corrected chi connectivity index (χ4v) is 2.62. The van der Waals surface area contributed by atoms with Crippen molar-refractivity contribution in [1.29, 1.82) is 0 Å². The van der Waals surface area contributed by atoms with Gasteiger partial charge in [-0.2, -0.15) is 0 Å². The first-order valence-electron chi connectivity index (χ1n) is 6.04. The van der Waals surface area contributed by atoms with Crippen molar-refractivity contribution in [2.45, 2.75) is 0 Å². The molecule has 0 atom stereocenters. The summed E-state index contributed by atoms with van der Waals surface area (Å²) in [5, 5.41) is 0. The molecule has 2 heterocycles. The van der Waals surface area contributed by atoms with E-state index >= 15 is 0 Å². The monoisotopic (exact) mass is 242 g/mol. The van der Waals surface area contributed by atoms with Gasteiger partial charge in [0.15, 0.2) is 11.0 Å². The van der Waals surface area contributed by atoms with Crippen LogP contribution in [0.1, 0.15) is 0 Å². The van der Waals surface area contributed by atoms with Crippen LogP contribution in [-0.4, -0.2) is 9.13 Å². The first-order valence-corrected chi connectivity index (χ1v) is 6.04. The normalized spacial score (nSPS) is 11.3. The van der Waals surface area contributed by atoms with Crippen LogP contribution in [0.25, 0.3) is 22.4 Å². The van der Waals surface area contributed by atoms with E-state index in [2.05, 4.69) is 83.4 Å². The number of benzene rings is 1. The topological polar surface area (TPSA) is 17.6 Å². The summed E-state index contributed by atoms with van der Waals surface area (Å²) in [7, 11) is 8.30. The number of rotatable bonds is 1. The van der Waals surface area contributed by atoms with Gasteiger partial charge in [-0.25, -0.2) is 18.3 Å². The average Bonchev–Trinajstić information content (AvgIpc) is 2.81. The fourth-order valence-electron chi connectivity index (χ4n) is 2.62. The zero-order valence-electron chi connectivity index (χ0n) is 11.3. The summed E-state index contributed by atoms with van der Waals surface area (Å²) in [4.78, 5) is 0. The zero-order valence-corrected chi connectivity index (χ0v) is 11.3. The SMILES string of the molecule is Cn1cc[n+](C)c1-c1ccc2c(c1)n(C)c[n+]2C. The summed E-state index contributed by atoms with van der Waals surface area (Å²) in [5.74, 6) is 1.21. The van der Waals surface area contributed by atoms with Crippen molar-refractivity contribution in [2.24, 2.45) is 28.2 Å². The lowest BCUT2D eigenvalue weighted by Crippen LogP contribution is -2.28. The number of hydrogen-bond acceptors (Lipinski definition) is 0. The highest BCUT2D eigenvalue weighted by molar-refractivity contribution is 5.77. The van der Waals surface area contributed by atoms with Crippen LogP contribution in [0.5, 0.6) is 0 Å². The molecule has 3 aromatic rings. The van der Waals surface area contributed by atoms with Crippen LogP contribution in [0, 0.1) is 0 Å². The van der Waals surface area contributed by atoms with Crippen molar-refractivity contribution in [1.82, 2.24) is 9.13 Å². The summed E-state index contributed by atoms with van der Waals surface area (Å²) < 4.78 is 8.58. The molecule has 18 heavy (non-hydrogen) atoms. The van der Waals surface area contributed by atoms with Crippen molar-refractivity contribution < 1.29 is 9.13 Å². The minimum Gasteiger partial charge on any atom is -0.233 e. The van der Waals surface area contributed by atoms with Crippen LogP contribution in [0.4, 0.5) is 0 Å². The van der Waals surface area contributed by atoms with E-state index in [1.54, 1.807) is 0 Å². The first-order chi connectivity index (χ1) is 8.58. The number of aromatic nitrogens is 4. The van der Waals surface area contributed by atoms with E-state index in [4.69, 9.17) is 0 Å². The van der Waals surface area contributed by atoms with Crippen LogP contribution in [-0.2, 0) is 28.2 Å². The maximum Gasteiger partial charge on any atom is 0.288 e. The number of fused-ring (bicyclic) bond motifs is 1. The van der Waals surface area contributed by atoms with Crippen LogP contribution >= 0.6 is 0 Å². The van der Waals surface area contributed by atoms with Gasteiger partial charge in [0, 0.05) is 6.07 Å². The quantitative estimate of drug-likeness (QED) is 0.563. The highest BCUT2D eigenvalue weighted by Crippen LogP contribution is 2.20. The predicted molar refractivity (Wildman–Crippen MR) is 69.7 cm³/mol. The number of aryl methyl sites for hydroxylation is 4. The molecular weight excluding hydrogens is 224 g/mol. The first kappa shape index (κ1) is 11.0. The lowest BCUT2D eigenvalue weighted by molar-refractivity contribution is -0.659. The summed E-state index contributed by atoms with van der Waals surface area (Å²) in [6, 6.07) is 6.60. The van der Waals surface area contributed by atoms with Crippen molar-refractivity contribution in [2.75, 3.05) is 0 Å². The Balaban J connectivity index is 2.29. The van der Waals surface area contributed by atoms with Crippen molar-refractivity contribution in [3.63, 3.8) is 0 Å². The van der Waals surface area contributed by atoms with Crippen LogP contribution in [0.3, 0.4) is 0 Å². The van der Waals surface area contributed by atoms with Gasteiger partial charge in [0.1, 0.15) is 12.4 Å². The van der Waals surface area contributed by atoms with Crippen molar-refractivity contribution in [3.05, 3.63) is 36.9 Å². The highest BCUT2D eigenvalue weighted by Gasteiger charge is 2.18. The molecule has 0 amide bonds. The highest BCUT2D eigenvalue weighted by atomic mass is 15.1. The van der Waals surface area contributed by atoms with Gasteiger partial charge in [-0.3, -0.25) is 0 Å². The van der Waals surface area contributed by atoms with E-state index in [0.29, 0.717) is 0 Å². The zero-order chi connectivity index (χ0) is 12.9. The summed E-state index contributed by atoms with van der Waals surface area (Å²) in [5.41, 5.74) is 3.73. The molecule has 4 nitrogen and oxygen atoms in total. The van der Waals surface area contributed by atoms with Crippen molar-refractivity contribution >= 4 is 11.0 Å². The maximum absolute atomic E-state index is 2.24. The minimum atomic E-state index is 1.21. The molecule has 0 unspecified atom stereocenters. The molecule has 0 N–H and O–H groups in total. The second-order valence-corrected chi connectivity index (χ2v) is 4.88.